The van der Waals surface area contributed by atoms with E-state index in [1.165, 1.54) is 5.56 Å². The summed E-state index contributed by atoms with van der Waals surface area (Å²) >= 11 is 6.01. The first kappa shape index (κ1) is 15.4. The van der Waals surface area contributed by atoms with Crippen LogP contribution in [-0.2, 0) is 4.79 Å². The summed E-state index contributed by atoms with van der Waals surface area (Å²) in [5, 5.41) is 3.33. The molecule has 0 fully saturated rings. The summed E-state index contributed by atoms with van der Waals surface area (Å²) in [7, 11) is 0. The molecule has 0 radical (unpaired) electrons. The molecule has 21 heavy (non-hydrogen) atoms. The number of halogens is 1. The average Bonchev–Trinajstić information content (AvgIpc) is 2.45. The van der Waals surface area contributed by atoms with Crippen LogP contribution in [0.25, 0.3) is 0 Å². The van der Waals surface area contributed by atoms with Crippen molar-refractivity contribution in [1.82, 2.24) is 0 Å². The summed E-state index contributed by atoms with van der Waals surface area (Å²) in [5.41, 5.74) is 3.08. The molecule has 0 bridgehead atoms. The first-order valence-corrected chi connectivity index (χ1v) is 7.14. The van der Waals surface area contributed by atoms with Crippen molar-refractivity contribution >= 4 is 23.2 Å². The third-order valence-electron chi connectivity index (χ3n) is 3.28. The summed E-state index contributed by atoms with van der Waals surface area (Å²) < 4.78 is 5.59. The maximum atomic E-state index is 12.1. The number of benzene rings is 2. The van der Waals surface area contributed by atoms with E-state index in [4.69, 9.17) is 16.3 Å². The summed E-state index contributed by atoms with van der Waals surface area (Å²) in [6.45, 7) is 5.73. The minimum absolute atomic E-state index is 0.210. The number of aryl methyl sites for hydroxylation is 2. The standard InChI is InChI=1S/C17H18ClNO2/c1-11-8-9-14(10-12(11)2)19-17(20)13(3)21-16-7-5-4-6-15(16)18/h4-10,13H,1-3H3,(H,19,20). The Kier molecular flexibility index (Phi) is 4.86. The number of rotatable bonds is 4. The van der Waals surface area contributed by atoms with Crippen LogP contribution in [0.15, 0.2) is 42.5 Å². The quantitative estimate of drug-likeness (QED) is 0.911. The molecule has 0 aliphatic carbocycles. The van der Waals surface area contributed by atoms with Crippen LogP contribution in [0.5, 0.6) is 5.75 Å². The first-order valence-electron chi connectivity index (χ1n) is 6.76. The molecule has 1 unspecified atom stereocenters. The highest BCUT2D eigenvalue weighted by Gasteiger charge is 2.16. The van der Waals surface area contributed by atoms with E-state index in [2.05, 4.69) is 5.32 Å². The lowest BCUT2D eigenvalue weighted by molar-refractivity contribution is -0.122. The molecule has 1 N–H and O–H groups in total. The van der Waals surface area contributed by atoms with Crippen LogP contribution in [0, 0.1) is 13.8 Å². The molecule has 2 aromatic carbocycles. The second kappa shape index (κ2) is 6.64. The van der Waals surface area contributed by atoms with Gasteiger partial charge in [0.2, 0.25) is 0 Å². The molecule has 4 heteroatoms. The molecule has 110 valence electrons. The van der Waals surface area contributed by atoms with E-state index >= 15 is 0 Å². The predicted octanol–water partition coefficient (Wildman–Crippen LogP) is 4.36. The highest BCUT2D eigenvalue weighted by atomic mass is 35.5. The van der Waals surface area contributed by atoms with Gasteiger partial charge < -0.3 is 10.1 Å². The van der Waals surface area contributed by atoms with Crippen LogP contribution in [0.4, 0.5) is 5.69 Å². The Bertz CT molecular complexity index is 655. The van der Waals surface area contributed by atoms with Crippen LogP contribution in [0.2, 0.25) is 5.02 Å². The van der Waals surface area contributed by atoms with Gasteiger partial charge in [-0.3, -0.25) is 4.79 Å². The van der Waals surface area contributed by atoms with Gasteiger partial charge >= 0.3 is 0 Å². The number of hydrogen-bond donors (Lipinski definition) is 1. The summed E-state index contributed by atoms with van der Waals surface area (Å²) in [4.78, 5) is 12.1. The Labute approximate surface area is 129 Å². The van der Waals surface area contributed by atoms with Crippen molar-refractivity contribution in [2.75, 3.05) is 5.32 Å². The van der Waals surface area contributed by atoms with Gasteiger partial charge in [0.1, 0.15) is 5.75 Å². The van der Waals surface area contributed by atoms with Crippen molar-refractivity contribution in [1.29, 1.82) is 0 Å². The van der Waals surface area contributed by atoms with Crippen molar-refractivity contribution in [3.63, 3.8) is 0 Å². The zero-order valence-electron chi connectivity index (χ0n) is 12.3. The van der Waals surface area contributed by atoms with Gasteiger partial charge in [0.15, 0.2) is 6.10 Å². The molecular formula is C17H18ClNO2. The van der Waals surface area contributed by atoms with E-state index in [9.17, 15) is 4.79 Å². The van der Waals surface area contributed by atoms with Crippen molar-refractivity contribution < 1.29 is 9.53 Å². The lowest BCUT2D eigenvalue weighted by Crippen LogP contribution is -2.30. The second-order valence-electron chi connectivity index (χ2n) is 4.98. The van der Waals surface area contributed by atoms with Crippen molar-refractivity contribution in [3.8, 4) is 5.75 Å². The zero-order chi connectivity index (χ0) is 15.4. The molecule has 0 aliphatic heterocycles. The second-order valence-corrected chi connectivity index (χ2v) is 5.39. The Balaban J connectivity index is 2.02. The van der Waals surface area contributed by atoms with Gasteiger partial charge in [-0.25, -0.2) is 0 Å². The van der Waals surface area contributed by atoms with Crippen molar-refractivity contribution in [3.05, 3.63) is 58.6 Å². The maximum Gasteiger partial charge on any atom is 0.265 e. The van der Waals surface area contributed by atoms with Crippen molar-refractivity contribution in [2.45, 2.75) is 26.9 Å². The fourth-order valence-corrected chi connectivity index (χ4v) is 2.03. The fourth-order valence-electron chi connectivity index (χ4n) is 1.85. The highest BCUT2D eigenvalue weighted by molar-refractivity contribution is 6.32. The Morgan fingerprint density at radius 1 is 1.14 bits per heavy atom. The normalized spacial score (nSPS) is 11.8. The number of amides is 1. The monoisotopic (exact) mass is 303 g/mol. The van der Waals surface area contributed by atoms with Gasteiger partial charge in [-0.1, -0.05) is 29.8 Å². The minimum atomic E-state index is -0.633. The van der Waals surface area contributed by atoms with Crippen LogP contribution in [-0.4, -0.2) is 12.0 Å². The smallest absolute Gasteiger partial charge is 0.265 e. The largest absolute Gasteiger partial charge is 0.479 e. The van der Waals surface area contributed by atoms with Gasteiger partial charge in [0.25, 0.3) is 5.91 Å². The van der Waals surface area contributed by atoms with E-state index in [-0.39, 0.29) is 5.91 Å². The van der Waals surface area contributed by atoms with E-state index in [0.29, 0.717) is 10.8 Å². The van der Waals surface area contributed by atoms with Gasteiger partial charge in [0, 0.05) is 5.69 Å². The van der Waals surface area contributed by atoms with Crippen LogP contribution in [0.3, 0.4) is 0 Å². The van der Waals surface area contributed by atoms with Crippen molar-refractivity contribution in [2.24, 2.45) is 0 Å². The Hall–Kier alpha value is -2.00. The summed E-state index contributed by atoms with van der Waals surface area (Å²) in [5.74, 6) is 0.292. The molecule has 3 nitrogen and oxygen atoms in total. The average molecular weight is 304 g/mol. The highest BCUT2D eigenvalue weighted by Crippen LogP contribution is 2.24. The molecule has 0 spiro atoms. The third kappa shape index (κ3) is 3.99. The molecule has 0 aliphatic rings. The van der Waals surface area contributed by atoms with Crippen LogP contribution >= 0.6 is 11.6 Å². The topological polar surface area (TPSA) is 38.3 Å². The molecule has 2 rings (SSSR count). The van der Waals surface area contributed by atoms with Gasteiger partial charge in [0.05, 0.1) is 5.02 Å². The van der Waals surface area contributed by atoms with E-state index in [1.54, 1.807) is 19.1 Å². The van der Waals surface area contributed by atoms with Gasteiger partial charge in [-0.2, -0.15) is 0 Å². The molecule has 0 saturated carbocycles. The van der Waals surface area contributed by atoms with Gasteiger partial charge in [-0.15, -0.1) is 0 Å². The summed E-state index contributed by atoms with van der Waals surface area (Å²) in [6, 6.07) is 12.9. The zero-order valence-corrected chi connectivity index (χ0v) is 13.1. The number of ether oxygens (including phenoxy) is 1. The number of para-hydroxylation sites is 1. The number of nitrogens with one attached hydrogen (secondary N) is 1. The molecule has 0 heterocycles. The number of carbonyl (C=O) groups excluding carboxylic acids is 1. The summed E-state index contributed by atoms with van der Waals surface area (Å²) in [6.07, 6.45) is -0.633. The lowest BCUT2D eigenvalue weighted by atomic mass is 10.1. The number of hydrogen-bond acceptors (Lipinski definition) is 2. The van der Waals surface area contributed by atoms with Gasteiger partial charge in [-0.05, 0) is 56.2 Å². The number of carbonyl (C=O) groups is 1. The Morgan fingerprint density at radius 3 is 2.52 bits per heavy atom. The first-order chi connectivity index (χ1) is 9.97. The van der Waals surface area contributed by atoms with Crippen LogP contribution in [0.1, 0.15) is 18.1 Å². The molecular weight excluding hydrogens is 286 g/mol. The predicted molar refractivity (Wildman–Crippen MR) is 86.1 cm³/mol. The molecule has 2 aromatic rings. The minimum Gasteiger partial charge on any atom is -0.479 e. The van der Waals surface area contributed by atoms with E-state index in [0.717, 1.165) is 11.3 Å². The fraction of sp³-hybridized carbons (Fsp3) is 0.235. The third-order valence-corrected chi connectivity index (χ3v) is 3.60. The van der Waals surface area contributed by atoms with E-state index < -0.39 is 6.10 Å². The van der Waals surface area contributed by atoms with E-state index in [1.807, 2.05) is 44.2 Å². The molecule has 0 saturated heterocycles. The van der Waals surface area contributed by atoms with Crippen LogP contribution < -0.4 is 10.1 Å². The SMILES string of the molecule is Cc1ccc(NC(=O)C(C)Oc2ccccc2Cl)cc1C. The maximum absolute atomic E-state index is 12.1. The molecule has 1 amide bonds. The Morgan fingerprint density at radius 2 is 1.86 bits per heavy atom. The number of anilines is 1. The molecule has 0 aromatic heterocycles. The molecule has 1 atom stereocenters. The lowest BCUT2D eigenvalue weighted by Gasteiger charge is -2.16.